The Morgan fingerprint density at radius 3 is 1.92 bits per heavy atom. The Hall–Kier alpha value is -3.84. The number of benzene rings is 3. The first-order valence-corrected chi connectivity index (χ1v) is 13.4. The van der Waals surface area contributed by atoms with Crippen molar-refractivity contribution in [2.75, 3.05) is 6.61 Å². The highest BCUT2D eigenvalue weighted by atomic mass is 16.6. The zero-order valence-corrected chi connectivity index (χ0v) is 23.1. The molecule has 0 saturated carbocycles. The van der Waals surface area contributed by atoms with Gasteiger partial charge >= 0.3 is 12.2 Å². The summed E-state index contributed by atoms with van der Waals surface area (Å²) in [6.45, 7) is 8.38. The Morgan fingerprint density at radius 2 is 1.36 bits per heavy atom. The number of nitrogens with zero attached hydrogens (tertiary/aromatic N) is 1. The maximum absolute atomic E-state index is 13.6. The van der Waals surface area contributed by atoms with Gasteiger partial charge in [0.25, 0.3) is 0 Å². The number of alkyl carbamates (subject to hydrolysis) is 1. The van der Waals surface area contributed by atoms with Gasteiger partial charge in [0.1, 0.15) is 12.2 Å². The summed E-state index contributed by atoms with van der Waals surface area (Å²) in [5.74, 6) is -0.212. The Labute approximate surface area is 231 Å². The predicted molar refractivity (Wildman–Crippen MR) is 150 cm³/mol. The van der Waals surface area contributed by atoms with Crippen LogP contribution in [0.1, 0.15) is 50.4 Å². The summed E-state index contributed by atoms with van der Waals surface area (Å²) < 4.78 is 17.6. The lowest BCUT2D eigenvalue weighted by atomic mass is 9.92. The molecule has 1 fully saturated rings. The fourth-order valence-electron chi connectivity index (χ4n) is 5.02. The minimum Gasteiger partial charge on any atom is -0.445 e. The lowest BCUT2D eigenvalue weighted by Gasteiger charge is -2.30. The first-order valence-electron chi connectivity index (χ1n) is 13.4. The average molecular weight is 531 g/mol. The number of amides is 2. The van der Waals surface area contributed by atoms with Crippen LogP contribution in [-0.2, 0) is 27.4 Å². The molecule has 3 aromatic rings. The van der Waals surface area contributed by atoms with Crippen molar-refractivity contribution in [2.24, 2.45) is 5.92 Å². The molecule has 0 spiro atoms. The largest absolute Gasteiger partial charge is 0.445 e. The molecule has 0 bridgehead atoms. The van der Waals surface area contributed by atoms with Crippen molar-refractivity contribution >= 4 is 12.2 Å². The Balaban J connectivity index is 1.61. The third kappa shape index (κ3) is 7.60. The van der Waals surface area contributed by atoms with E-state index >= 15 is 0 Å². The van der Waals surface area contributed by atoms with E-state index in [-0.39, 0.29) is 18.6 Å². The van der Waals surface area contributed by atoms with Crippen LogP contribution in [-0.4, -0.2) is 41.4 Å². The minimum absolute atomic E-state index is 0.156. The van der Waals surface area contributed by atoms with Crippen LogP contribution in [0.5, 0.6) is 0 Å². The van der Waals surface area contributed by atoms with E-state index in [2.05, 4.69) is 5.32 Å². The van der Waals surface area contributed by atoms with Gasteiger partial charge in [-0.25, -0.2) is 9.59 Å². The Bertz CT molecular complexity index is 1200. The predicted octanol–water partition coefficient (Wildman–Crippen LogP) is 6.49. The van der Waals surface area contributed by atoms with Crippen LogP contribution in [0.2, 0.25) is 0 Å². The molecule has 7 heteroatoms. The normalized spacial score (nSPS) is 20.9. The van der Waals surface area contributed by atoms with Gasteiger partial charge in [-0.05, 0) is 44.4 Å². The summed E-state index contributed by atoms with van der Waals surface area (Å²) in [5, 5.41) is 3.08. The number of nitrogens with one attached hydrogen (secondary N) is 1. The number of rotatable bonds is 8. The van der Waals surface area contributed by atoms with E-state index in [0.717, 1.165) is 16.7 Å². The van der Waals surface area contributed by atoms with E-state index in [1.165, 1.54) is 0 Å². The first kappa shape index (κ1) is 28.2. The lowest BCUT2D eigenvalue weighted by molar-refractivity contribution is 0.0424. The number of likely N-dealkylation sites (tertiary alicyclic amines) is 1. The molecule has 2 amide bonds. The molecule has 1 aliphatic rings. The number of hydrogen-bond donors (Lipinski definition) is 1. The molecule has 3 aromatic carbocycles. The van der Waals surface area contributed by atoms with Gasteiger partial charge < -0.3 is 19.5 Å². The number of carbonyl (C=O) groups excluding carboxylic acids is 2. The van der Waals surface area contributed by atoms with Crippen molar-refractivity contribution in [3.8, 4) is 0 Å². The molecule has 0 radical (unpaired) electrons. The molecule has 4 atom stereocenters. The van der Waals surface area contributed by atoms with E-state index in [1.807, 2.05) is 119 Å². The summed E-state index contributed by atoms with van der Waals surface area (Å²) in [5.41, 5.74) is 2.19. The van der Waals surface area contributed by atoms with Gasteiger partial charge in [-0.2, -0.15) is 0 Å². The first-order chi connectivity index (χ1) is 18.7. The van der Waals surface area contributed by atoms with Gasteiger partial charge in [0.05, 0.1) is 25.3 Å². The molecular weight excluding hydrogens is 492 g/mol. The smallest absolute Gasteiger partial charge is 0.410 e. The van der Waals surface area contributed by atoms with E-state index in [0.29, 0.717) is 13.2 Å². The molecule has 4 rings (SSSR count). The number of ether oxygens (including phenoxy) is 3. The molecule has 39 heavy (non-hydrogen) atoms. The highest BCUT2D eigenvalue weighted by molar-refractivity contribution is 5.72. The van der Waals surface area contributed by atoms with Crippen molar-refractivity contribution in [1.29, 1.82) is 0 Å². The molecule has 1 aliphatic heterocycles. The van der Waals surface area contributed by atoms with E-state index in [9.17, 15) is 9.59 Å². The van der Waals surface area contributed by atoms with Gasteiger partial charge in [-0.15, -0.1) is 0 Å². The van der Waals surface area contributed by atoms with Crippen molar-refractivity contribution in [2.45, 2.75) is 64.6 Å². The topological polar surface area (TPSA) is 77.1 Å². The minimum atomic E-state index is -0.663. The highest BCUT2D eigenvalue weighted by Crippen LogP contribution is 2.41. The zero-order chi connectivity index (χ0) is 27.8. The second-order valence-corrected chi connectivity index (χ2v) is 10.9. The van der Waals surface area contributed by atoms with Crippen LogP contribution in [0, 0.1) is 5.92 Å². The molecule has 206 valence electrons. The quantitative estimate of drug-likeness (QED) is 0.360. The van der Waals surface area contributed by atoms with Crippen molar-refractivity contribution in [3.63, 3.8) is 0 Å². The molecule has 1 N–H and O–H groups in total. The number of hydrogen-bond acceptors (Lipinski definition) is 5. The molecular formula is C32H38N2O5. The fourth-order valence-corrected chi connectivity index (χ4v) is 5.02. The lowest BCUT2D eigenvalue weighted by Crippen LogP contribution is -2.46. The van der Waals surface area contributed by atoms with Crippen LogP contribution in [0.15, 0.2) is 91.0 Å². The molecule has 1 saturated heterocycles. The number of carbonyl (C=O) groups is 2. The maximum atomic E-state index is 13.6. The standard InChI is InChI=1S/C32H38N2O5/c1-23-27(22-37-20-24-14-8-5-9-15-24)28(33-30(35)39-32(2,3)4)29(26-18-12-7-13-19-26)34(23)31(36)38-21-25-16-10-6-11-17-25/h5-19,23,27-29H,20-22H2,1-4H3,(H,33,35)/t23-,27-,28-,29+/m0/s1. The summed E-state index contributed by atoms with van der Waals surface area (Å²) in [7, 11) is 0. The maximum Gasteiger partial charge on any atom is 0.410 e. The van der Waals surface area contributed by atoms with Crippen molar-refractivity contribution in [3.05, 3.63) is 108 Å². The van der Waals surface area contributed by atoms with Crippen molar-refractivity contribution in [1.82, 2.24) is 10.2 Å². The van der Waals surface area contributed by atoms with Crippen LogP contribution in [0.3, 0.4) is 0 Å². The molecule has 1 heterocycles. The van der Waals surface area contributed by atoms with Crippen molar-refractivity contribution < 1.29 is 23.8 Å². The van der Waals surface area contributed by atoms with E-state index in [1.54, 1.807) is 4.90 Å². The SMILES string of the molecule is C[C@H]1[C@H](COCc2ccccc2)[C@H](NC(=O)OC(C)(C)C)[C@@H](c2ccccc2)N1C(=O)OCc1ccccc1. The van der Waals surface area contributed by atoms with E-state index < -0.39 is 29.9 Å². The van der Waals surface area contributed by atoms with E-state index in [4.69, 9.17) is 14.2 Å². The zero-order valence-electron chi connectivity index (χ0n) is 23.1. The van der Waals surface area contributed by atoms with Gasteiger partial charge in [-0.3, -0.25) is 4.90 Å². The molecule has 7 nitrogen and oxygen atoms in total. The Kier molecular flexibility index (Phi) is 9.25. The molecule has 0 aliphatic carbocycles. The monoisotopic (exact) mass is 530 g/mol. The van der Waals surface area contributed by atoms with Gasteiger partial charge in [0.15, 0.2) is 0 Å². The van der Waals surface area contributed by atoms with Crippen LogP contribution in [0.4, 0.5) is 9.59 Å². The summed E-state index contributed by atoms with van der Waals surface area (Å²) in [6, 6.07) is 28.0. The highest BCUT2D eigenvalue weighted by Gasteiger charge is 2.51. The summed E-state index contributed by atoms with van der Waals surface area (Å²) >= 11 is 0. The van der Waals surface area contributed by atoms with Crippen LogP contribution < -0.4 is 5.32 Å². The summed E-state index contributed by atoms with van der Waals surface area (Å²) in [4.78, 5) is 28.4. The molecule has 0 aromatic heterocycles. The van der Waals surface area contributed by atoms with Crippen LogP contribution in [0.25, 0.3) is 0 Å². The second kappa shape index (κ2) is 12.8. The molecule has 0 unspecified atom stereocenters. The third-order valence-electron chi connectivity index (χ3n) is 6.82. The Morgan fingerprint density at radius 1 is 0.821 bits per heavy atom. The fraction of sp³-hybridized carbons (Fsp3) is 0.375. The second-order valence-electron chi connectivity index (χ2n) is 10.9. The van der Waals surface area contributed by atoms with Crippen LogP contribution >= 0.6 is 0 Å². The summed E-state index contributed by atoms with van der Waals surface area (Å²) in [6.07, 6.45) is -0.977. The average Bonchev–Trinajstić information content (AvgIpc) is 3.18. The third-order valence-corrected chi connectivity index (χ3v) is 6.82. The van der Waals surface area contributed by atoms with Gasteiger partial charge in [-0.1, -0.05) is 91.0 Å². The van der Waals surface area contributed by atoms with Gasteiger partial charge in [0.2, 0.25) is 0 Å². The van der Waals surface area contributed by atoms with Gasteiger partial charge in [0, 0.05) is 12.0 Å².